The molecule has 4 aromatic carbocycles. The van der Waals surface area contributed by atoms with E-state index in [1.807, 2.05) is 54.6 Å². The second kappa shape index (κ2) is 14.5. The lowest BCUT2D eigenvalue weighted by molar-refractivity contribution is -0.174. The van der Waals surface area contributed by atoms with E-state index in [0.29, 0.717) is 30.2 Å². The lowest BCUT2D eigenvalue weighted by Crippen LogP contribution is -2.43. The number of rotatable bonds is 12. The number of hydrogen-bond acceptors (Lipinski definition) is 7. The minimum absolute atomic E-state index is 0.0197. The molecule has 11 heteroatoms. The van der Waals surface area contributed by atoms with Crippen molar-refractivity contribution in [2.45, 2.75) is 50.4 Å². The van der Waals surface area contributed by atoms with Crippen LogP contribution in [-0.2, 0) is 24.8 Å². The highest BCUT2D eigenvalue weighted by molar-refractivity contribution is 6.70. The zero-order valence-electron chi connectivity index (χ0n) is 27.7. The maximum atomic E-state index is 14.9. The summed E-state index contributed by atoms with van der Waals surface area (Å²) in [6, 6.07) is 27.3. The van der Waals surface area contributed by atoms with E-state index >= 15 is 0 Å². The van der Waals surface area contributed by atoms with Gasteiger partial charge in [-0.3, -0.25) is 4.79 Å². The predicted molar refractivity (Wildman–Crippen MR) is 183 cm³/mol. The molecule has 0 radical (unpaired) electrons. The third kappa shape index (κ3) is 8.01. The van der Waals surface area contributed by atoms with Gasteiger partial charge in [-0.15, -0.1) is 0 Å². The largest absolute Gasteiger partial charge is 0.544 e. The van der Waals surface area contributed by atoms with Crippen LogP contribution in [0.25, 0.3) is 0 Å². The minimum Gasteiger partial charge on any atom is -0.544 e. The van der Waals surface area contributed by atoms with E-state index in [4.69, 9.17) is 18.6 Å². The van der Waals surface area contributed by atoms with Gasteiger partial charge in [-0.1, -0.05) is 54.6 Å². The van der Waals surface area contributed by atoms with Crippen LogP contribution in [0.3, 0.4) is 0 Å². The van der Waals surface area contributed by atoms with E-state index in [-0.39, 0.29) is 19.4 Å². The Balaban J connectivity index is 1.42. The van der Waals surface area contributed by atoms with Gasteiger partial charge in [0.1, 0.15) is 30.0 Å². The van der Waals surface area contributed by atoms with E-state index in [1.165, 1.54) is 29.2 Å². The summed E-state index contributed by atoms with van der Waals surface area (Å²) < 4.78 is 51.9. The van der Waals surface area contributed by atoms with Crippen LogP contribution in [-0.4, -0.2) is 45.0 Å². The fourth-order valence-electron chi connectivity index (χ4n) is 6.40. The summed E-state index contributed by atoms with van der Waals surface area (Å²) >= 11 is 0. The SMILES string of the molecule is C[Si](C)(C)Oc1ccc(C(Nc2ccc(F)cc2)[C@@H](CCC2(c3ccc(F)cc3)OCCO2)C(=O)N2C(=O)OC[C@@H]2c2ccccc2)cc1. The van der Waals surface area contributed by atoms with Gasteiger partial charge in [0.2, 0.25) is 14.2 Å². The first-order valence-electron chi connectivity index (χ1n) is 16.4. The highest BCUT2D eigenvalue weighted by atomic mass is 28.4. The van der Waals surface area contributed by atoms with Crippen molar-refractivity contribution < 1.29 is 37.0 Å². The number of nitrogens with zero attached hydrogens (tertiary/aromatic N) is 1. The third-order valence-electron chi connectivity index (χ3n) is 8.67. The van der Waals surface area contributed by atoms with Crippen molar-refractivity contribution in [2.24, 2.45) is 5.92 Å². The molecule has 0 saturated carbocycles. The topological polar surface area (TPSA) is 86.3 Å². The van der Waals surface area contributed by atoms with Gasteiger partial charge in [0.15, 0.2) is 5.79 Å². The number of amides is 2. The van der Waals surface area contributed by atoms with E-state index in [1.54, 1.807) is 24.3 Å². The van der Waals surface area contributed by atoms with E-state index in [9.17, 15) is 18.4 Å². The Morgan fingerprint density at radius 2 is 1.51 bits per heavy atom. The van der Waals surface area contributed by atoms with Gasteiger partial charge in [0.05, 0.1) is 25.2 Å². The monoisotopic (exact) mass is 686 g/mol. The van der Waals surface area contributed by atoms with Gasteiger partial charge in [0, 0.05) is 17.7 Å². The highest BCUT2D eigenvalue weighted by Gasteiger charge is 2.46. The molecule has 2 aliphatic rings. The highest BCUT2D eigenvalue weighted by Crippen LogP contribution is 2.42. The number of carbonyl (C=O) groups is 2. The average molecular weight is 687 g/mol. The molecule has 0 spiro atoms. The molecule has 2 fully saturated rings. The summed E-state index contributed by atoms with van der Waals surface area (Å²) in [6.07, 6.45) is -0.329. The number of cyclic esters (lactones) is 1. The molecule has 2 heterocycles. The second-order valence-electron chi connectivity index (χ2n) is 13.2. The number of imide groups is 1. The van der Waals surface area contributed by atoms with Crippen LogP contribution in [0.4, 0.5) is 19.3 Å². The fraction of sp³-hybridized carbons (Fsp3) is 0.316. The summed E-state index contributed by atoms with van der Waals surface area (Å²) in [4.78, 5) is 29.5. The van der Waals surface area contributed by atoms with Gasteiger partial charge in [-0.25, -0.2) is 18.5 Å². The van der Waals surface area contributed by atoms with Crippen molar-refractivity contribution in [1.29, 1.82) is 0 Å². The zero-order valence-corrected chi connectivity index (χ0v) is 28.7. The molecule has 1 N–H and O–H groups in total. The minimum atomic E-state index is -1.90. The van der Waals surface area contributed by atoms with E-state index in [2.05, 4.69) is 25.0 Å². The van der Waals surface area contributed by atoms with Crippen molar-refractivity contribution in [2.75, 3.05) is 25.1 Å². The van der Waals surface area contributed by atoms with Crippen molar-refractivity contribution in [1.82, 2.24) is 4.90 Å². The standard InChI is InChI=1S/C38H40F2N2O6Si/c1-49(2,3)48-32-19-9-27(10-20-32)35(41-31-17-15-30(40)16-18-31)33(21-22-38(46-23-24-47-38)28-11-13-29(39)14-12-28)36(43)42-34(25-45-37(42)44)26-7-5-4-6-8-26/h4-20,33-35,41H,21-25H2,1-3H3/t33-,34-,35?/m1/s1. The van der Waals surface area contributed by atoms with Gasteiger partial charge >= 0.3 is 6.09 Å². The molecule has 0 bridgehead atoms. The summed E-state index contributed by atoms with van der Waals surface area (Å²) in [5, 5.41) is 3.47. The van der Waals surface area contributed by atoms with Crippen LogP contribution in [0, 0.1) is 17.6 Å². The Hall–Kier alpha value is -4.58. The molecular weight excluding hydrogens is 647 g/mol. The van der Waals surface area contributed by atoms with E-state index < -0.39 is 55.7 Å². The molecule has 3 atom stereocenters. The van der Waals surface area contributed by atoms with Crippen molar-refractivity contribution in [3.63, 3.8) is 0 Å². The molecule has 2 saturated heterocycles. The number of anilines is 1. The molecule has 1 unspecified atom stereocenters. The fourth-order valence-corrected chi connectivity index (χ4v) is 7.24. The summed E-state index contributed by atoms with van der Waals surface area (Å²) in [6.45, 7) is 6.94. The Morgan fingerprint density at radius 3 is 2.12 bits per heavy atom. The lowest BCUT2D eigenvalue weighted by atomic mass is 9.84. The molecule has 256 valence electrons. The van der Waals surface area contributed by atoms with Crippen LogP contribution >= 0.6 is 0 Å². The molecule has 0 aliphatic carbocycles. The third-order valence-corrected chi connectivity index (χ3v) is 9.51. The van der Waals surface area contributed by atoms with Gasteiger partial charge < -0.3 is 24.0 Å². The number of hydrogen-bond donors (Lipinski definition) is 1. The molecule has 4 aromatic rings. The van der Waals surface area contributed by atoms with Crippen molar-refractivity contribution in [3.05, 3.63) is 131 Å². The second-order valence-corrected chi connectivity index (χ2v) is 17.7. The molecule has 2 aliphatic heterocycles. The molecule has 8 nitrogen and oxygen atoms in total. The maximum Gasteiger partial charge on any atom is 0.417 e. The van der Waals surface area contributed by atoms with E-state index in [0.717, 1.165) is 11.1 Å². The van der Waals surface area contributed by atoms with Crippen LogP contribution in [0.5, 0.6) is 5.75 Å². The molecule has 2 amide bonds. The molecule has 49 heavy (non-hydrogen) atoms. The van der Waals surface area contributed by atoms with Crippen LogP contribution in [0.1, 0.15) is 41.6 Å². The predicted octanol–water partition coefficient (Wildman–Crippen LogP) is 8.35. The maximum absolute atomic E-state index is 14.9. The van der Waals surface area contributed by atoms with Gasteiger partial charge in [-0.05, 0) is 85.7 Å². The summed E-state index contributed by atoms with van der Waals surface area (Å²) in [5.74, 6) is -2.64. The zero-order chi connectivity index (χ0) is 34.6. The van der Waals surface area contributed by atoms with Crippen molar-refractivity contribution >= 4 is 26.0 Å². The molecule has 0 aromatic heterocycles. The average Bonchev–Trinajstić information content (AvgIpc) is 3.73. The smallest absolute Gasteiger partial charge is 0.417 e. The first-order valence-corrected chi connectivity index (χ1v) is 19.8. The normalized spacial score (nSPS) is 18.5. The number of benzene rings is 4. The molecular formula is C38H40F2N2O6Si. The Morgan fingerprint density at radius 1 is 0.898 bits per heavy atom. The number of ether oxygens (including phenoxy) is 3. The van der Waals surface area contributed by atoms with Crippen LogP contribution in [0.2, 0.25) is 19.6 Å². The number of halogens is 2. The number of nitrogens with one attached hydrogen (secondary N) is 1. The van der Waals surface area contributed by atoms with Gasteiger partial charge in [-0.2, -0.15) is 0 Å². The molecule has 6 rings (SSSR count). The first-order chi connectivity index (χ1) is 23.5. The summed E-state index contributed by atoms with van der Waals surface area (Å²) in [7, 11) is -1.90. The first kappa shape index (κ1) is 34.3. The van der Waals surface area contributed by atoms with Gasteiger partial charge in [0.25, 0.3) is 0 Å². The number of carbonyl (C=O) groups excluding carboxylic acids is 2. The Kier molecular flexibility index (Phi) is 10.1. The Bertz CT molecular complexity index is 1730. The quantitative estimate of drug-likeness (QED) is 0.150. The van der Waals surface area contributed by atoms with Crippen LogP contribution in [0.15, 0.2) is 103 Å². The summed E-state index contributed by atoms with van der Waals surface area (Å²) in [5.41, 5.74) is 2.72. The van der Waals surface area contributed by atoms with Crippen LogP contribution < -0.4 is 9.74 Å². The van der Waals surface area contributed by atoms with Crippen molar-refractivity contribution in [3.8, 4) is 5.75 Å². The lowest BCUT2D eigenvalue weighted by Gasteiger charge is -2.35. The Labute approximate surface area is 286 Å².